The number of halogens is 2. The monoisotopic (exact) mass is 302 g/mol. The van der Waals surface area contributed by atoms with Gasteiger partial charge in [-0.3, -0.25) is 0 Å². The summed E-state index contributed by atoms with van der Waals surface area (Å²) in [6.07, 6.45) is 3.45. The minimum absolute atomic E-state index is 0.171. The fourth-order valence-corrected chi connectivity index (χ4v) is 3.12. The maximum absolute atomic E-state index is 13.4. The molecule has 20 heavy (non-hydrogen) atoms. The van der Waals surface area contributed by atoms with Crippen molar-refractivity contribution < 1.29 is 17.2 Å². The van der Waals surface area contributed by atoms with E-state index in [1.165, 1.54) is 0 Å². The minimum atomic E-state index is -4.02. The van der Waals surface area contributed by atoms with Gasteiger partial charge in [0, 0.05) is 13.1 Å². The Balaban J connectivity index is 2.00. The van der Waals surface area contributed by atoms with Crippen LogP contribution in [0.25, 0.3) is 0 Å². The van der Waals surface area contributed by atoms with Crippen molar-refractivity contribution in [3.8, 4) is 0 Å². The summed E-state index contributed by atoms with van der Waals surface area (Å²) in [5, 5.41) is 3.15. The number of benzene rings is 1. The van der Waals surface area contributed by atoms with Crippen LogP contribution in [0.5, 0.6) is 0 Å². The zero-order valence-electron chi connectivity index (χ0n) is 10.8. The smallest absolute Gasteiger partial charge is 0.243 e. The molecule has 0 bridgehead atoms. The second kappa shape index (κ2) is 6.43. The zero-order valence-corrected chi connectivity index (χ0v) is 11.6. The maximum Gasteiger partial charge on any atom is 0.243 e. The first-order valence-electron chi connectivity index (χ1n) is 6.32. The van der Waals surface area contributed by atoms with Crippen molar-refractivity contribution >= 4 is 10.0 Å². The summed E-state index contributed by atoms with van der Waals surface area (Å²) in [6.45, 7) is 1.82. The summed E-state index contributed by atoms with van der Waals surface area (Å²) in [7, 11) is -4.02. The second-order valence-corrected chi connectivity index (χ2v) is 6.27. The molecule has 2 N–H and O–H groups in total. The molecule has 1 aromatic carbocycles. The van der Waals surface area contributed by atoms with Crippen LogP contribution in [0.15, 0.2) is 34.7 Å². The molecule has 7 heteroatoms. The van der Waals surface area contributed by atoms with Gasteiger partial charge < -0.3 is 5.32 Å². The van der Waals surface area contributed by atoms with Crippen molar-refractivity contribution in [2.24, 2.45) is 0 Å². The molecule has 0 saturated heterocycles. The lowest BCUT2D eigenvalue weighted by atomic mass is 10.1. The SMILES string of the molecule is O=S(=O)(NCCC1=CCNCC1)c1cc(F)ccc1F. The molecule has 0 atom stereocenters. The second-order valence-electron chi connectivity index (χ2n) is 4.54. The summed E-state index contributed by atoms with van der Waals surface area (Å²) < 4.78 is 52.5. The highest BCUT2D eigenvalue weighted by molar-refractivity contribution is 7.89. The largest absolute Gasteiger partial charge is 0.313 e. The van der Waals surface area contributed by atoms with E-state index in [0.29, 0.717) is 12.5 Å². The third-order valence-corrected chi connectivity index (χ3v) is 4.55. The molecule has 0 amide bonds. The predicted molar refractivity (Wildman–Crippen MR) is 71.7 cm³/mol. The number of hydrogen-bond donors (Lipinski definition) is 2. The maximum atomic E-state index is 13.4. The van der Waals surface area contributed by atoms with Gasteiger partial charge in [-0.25, -0.2) is 21.9 Å². The predicted octanol–water partition coefficient (Wildman–Crippen LogP) is 1.55. The molecule has 0 aliphatic carbocycles. The Morgan fingerprint density at radius 2 is 2.10 bits per heavy atom. The van der Waals surface area contributed by atoms with Crippen molar-refractivity contribution in [1.29, 1.82) is 0 Å². The standard InChI is InChI=1S/C13H16F2N2O2S/c14-11-1-2-12(15)13(9-11)20(18,19)17-8-5-10-3-6-16-7-4-10/h1-3,9,16-17H,4-8H2. The van der Waals surface area contributed by atoms with Crippen molar-refractivity contribution in [3.63, 3.8) is 0 Å². The molecule has 1 aromatic rings. The zero-order chi connectivity index (χ0) is 14.6. The van der Waals surface area contributed by atoms with Gasteiger partial charge in [0.25, 0.3) is 0 Å². The van der Waals surface area contributed by atoms with Gasteiger partial charge in [-0.2, -0.15) is 0 Å². The van der Waals surface area contributed by atoms with Gasteiger partial charge in [0.05, 0.1) is 0 Å². The molecule has 0 spiro atoms. The lowest BCUT2D eigenvalue weighted by molar-refractivity contribution is 0.545. The number of nitrogens with one attached hydrogen (secondary N) is 2. The van der Waals surface area contributed by atoms with E-state index in [9.17, 15) is 17.2 Å². The van der Waals surface area contributed by atoms with Gasteiger partial charge in [-0.15, -0.1) is 0 Å². The molecule has 110 valence electrons. The summed E-state index contributed by atoms with van der Waals surface area (Å²) in [5.74, 6) is -1.74. The van der Waals surface area contributed by atoms with E-state index in [1.807, 2.05) is 6.08 Å². The molecule has 0 saturated carbocycles. The molecule has 0 aromatic heterocycles. The Labute approximate surface area is 116 Å². The first-order chi connectivity index (χ1) is 9.49. The average Bonchev–Trinajstić information content (AvgIpc) is 2.42. The molecule has 2 rings (SSSR count). The van der Waals surface area contributed by atoms with Gasteiger partial charge in [-0.1, -0.05) is 11.6 Å². The summed E-state index contributed by atoms with van der Waals surface area (Å²) in [4.78, 5) is -0.656. The molecular formula is C13H16F2N2O2S. The third-order valence-electron chi connectivity index (χ3n) is 3.08. The van der Waals surface area contributed by atoms with Crippen molar-refractivity contribution in [2.45, 2.75) is 17.7 Å². The lowest BCUT2D eigenvalue weighted by Crippen LogP contribution is -2.27. The first kappa shape index (κ1) is 15.1. The molecule has 0 fully saturated rings. The molecule has 4 nitrogen and oxygen atoms in total. The van der Waals surface area contributed by atoms with Crippen molar-refractivity contribution in [3.05, 3.63) is 41.5 Å². The normalized spacial score (nSPS) is 16.0. The number of hydrogen-bond acceptors (Lipinski definition) is 3. The van der Waals surface area contributed by atoms with E-state index in [0.717, 1.165) is 37.2 Å². The van der Waals surface area contributed by atoms with Crippen LogP contribution in [0.2, 0.25) is 0 Å². The van der Waals surface area contributed by atoms with Crippen LogP contribution in [0.3, 0.4) is 0 Å². The van der Waals surface area contributed by atoms with Crippen LogP contribution in [-0.4, -0.2) is 28.1 Å². The minimum Gasteiger partial charge on any atom is -0.313 e. The van der Waals surface area contributed by atoms with Crippen molar-refractivity contribution in [1.82, 2.24) is 10.0 Å². The lowest BCUT2D eigenvalue weighted by Gasteiger charge is -2.14. The van der Waals surface area contributed by atoms with Gasteiger partial charge in [-0.05, 0) is 37.6 Å². The van der Waals surface area contributed by atoms with Crippen LogP contribution < -0.4 is 10.0 Å². The quantitative estimate of drug-likeness (QED) is 0.812. The molecule has 1 aliphatic rings. The van der Waals surface area contributed by atoms with E-state index in [2.05, 4.69) is 10.0 Å². The van der Waals surface area contributed by atoms with E-state index < -0.39 is 26.6 Å². The van der Waals surface area contributed by atoms with Gasteiger partial charge in [0.15, 0.2) is 0 Å². The van der Waals surface area contributed by atoms with Crippen LogP contribution in [0, 0.1) is 11.6 Å². The third kappa shape index (κ3) is 3.84. The van der Waals surface area contributed by atoms with Crippen molar-refractivity contribution in [2.75, 3.05) is 19.6 Å². The van der Waals surface area contributed by atoms with Crippen LogP contribution in [0.4, 0.5) is 8.78 Å². The van der Waals surface area contributed by atoms with E-state index in [1.54, 1.807) is 0 Å². The Morgan fingerprint density at radius 3 is 2.80 bits per heavy atom. The van der Waals surface area contributed by atoms with Crippen LogP contribution in [-0.2, 0) is 10.0 Å². The van der Waals surface area contributed by atoms with Crippen LogP contribution in [0.1, 0.15) is 12.8 Å². The highest BCUT2D eigenvalue weighted by Gasteiger charge is 2.19. The van der Waals surface area contributed by atoms with Gasteiger partial charge >= 0.3 is 0 Å². The molecule has 1 aliphatic heterocycles. The fourth-order valence-electron chi connectivity index (χ4n) is 2.00. The average molecular weight is 302 g/mol. The Bertz CT molecular complexity index is 615. The molecule has 0 unspecified atom stereocenters. The highest BCUT2D eigenvalue weighted by Crippen LogP contribution is 2.16. The molecular weight excluding hydrogens is 286 g/mol. The Morgan fingerprint density at radius 1 is 1.30 bits per heavy atom. The summed E-state index contributed by atoms with van der Waals surface area (Å²) >= 11 is 0. The van der Waals surface area contributed by atoms with Gasteiger partial charge in [0.1, 0.15) is 16.5 Å². The van der Waals surface area contributed by atoms with E-state index in [-0.39, 0.29) is 6.54 Å². The number of sulfonamides is 1. The topological polar surface area (TPSA) is 58.2 Å². The first-order valence-corrected chi connectivity index (χ1v) is 7.81. The van der Waals surface area contributed by atoms with Gasteiger partial charge in [0.2, 0.25) is 10.0 Å². The Kier molecular flexibility index (Phi) is 4.85. The van der Waals surface area contributed by atoms with E-state index in [4.69, 9.17) is 0 Å². The Hall–Kier alpha value is -1.31. The molecule has 0 radical (unpaired) electrons. The molecule has 1 heterocycles. The fraction of sp³-hybridized carbons (Fsp3) is 0.385. The number of rotatable bonds is 5. The highest BCUT2D eigenvalue weighted by atomic mass is 32.2. The summed E-state index contributed by atoms with van der Waals surface area (Å²) in [5.41, 5.74) is 1.16. The summed E-state index contributed by atoms with van der Waals surface area (Å²) in [6, 6.07) is 2.37. The van der Waals surface area contributed by atoms with E-state index >= 15 is 0 Å². The van der Waals surface area contributed by atoms with Crippen LogP contribution >= 0.6 is 0 Å².